The van der Waals surface area contributed by atoms with Gasteiger partial charge in [-0.1, -0.05) is 20.8 Å². The van der Waals surface area contributed by atoms with E-state index in [2.05, 4.69) is 46.4 Å². The summed E-state index contributed by atoms with van der Waals surface area (Å²) in [4.78, 5) is 36.5. The number of benzene rings is 2. The Bertz CT molecular complexity index is 1780. The molecule has 0 aliphatic carbocycles. The minimum Gasteiger partial charge on any atom is -0.497 e. The Morgan fingerprint density at radius 2 is 1.76 bits per heavy atom. The number of H-pyrrole nitrogens is 1. The topological polar surface area (TPSA) is 136 Å². The van der Waals surface area contributed by atoms with Gasteiger partial charge in [-0.2, -0.15) is 5.10 Å². The van der Waals surface area contributed by atoms with Crippen LogP contribution in [0.2, 0.25) is 0 Å². The molecule has 3 aromatic heterocycles. The molecule has 0 saturated heterocycles. The SMILES string of the molecule is COc1ccc(-n2nc(C(C)(C)C)cc2NC(=O)Nc2ccc(Oc3ccnc4[nH]c(=O)cnc34)cc2SC)cc1. The average Bonchev–Trinajstić information content (AvgIpc) is 3.38. The maximum absolute atomic E-state index is 13.2. The maximum atomic E-state index is 13.2. The van der Waals surface area contributed by atoms with E-state index in [0.717, 1.165) is 22.0 Å². The number of anilines is 2. The lowest BCUT2D eigenvalue weighted by Crippen LogP contribution is -2.21. The number of ether oxygens (including phenoxy) is 2. The molecule has 11 nitrogen and oxygen atoms in total. The Morgan fingerprint density at radius 3 is 2.46 bits per heavy atom. The number of nitrogens with one attached hydrogen (secondary N) is 3. The third kappa shape index (κ3) is 6.17. The lowest BCUT2D eigenvalue weighted by Gasteiger charge is -2.14. The molecule has 210 valence electrons. The van der Waals surface area contributed by atoms with Crippen molar-refractivity contribution >= 4 is 40.5 Å². The molecule has 5 aromatic rings. The number of carbonyl (C=O) groups excluding carboxylic acids is 1. The number of pyridine rings is 1. The molecular formula is C29H29N7O4S. The summed E-state index contributed by atoms with van der Waals surface area (Å²) in [6, 6.07) is 15.9. The van der Waals surface area contributed by atoms with E-state index in [4.69, 9.17) is 14.6 Å². The lowest BCUT2D eigenvalue weighted by molar-refractivity contribution is 0.262. The normalized spacial score (nSPS) is 11.3. The zero-order valence-electron chi connectivity index (χ0n) is 23.2. The van der Waals surface area contributed by atoms with Gasteiger partial charge in [-0.3, -0.25) is 10.1 Å². The standard InChI is InChI=1S/C29H29N7O4S/c1-29(2,3)23-15-24(36(35-23)17-6-8-18(39-4)9-7-17)33-28(38)32-20-11-10-19(14-22(20)41-5)40-21-12-13-30-27-26(21)31-16-25(37)34-27/h6-16H,1-5H3,(H,30,34,37)(H2,32,33,38). The smallest absolute Gasteiger partial charge is 0.324 e. The Balaban J connectivity index is 1.37. The zero-order valence-corrected chi connectivity index (χ0v) is 24.0. The molecule has 0 aliphatic rings. The van der Waals surface area contributed by atoms with Crippen molar-refractivity contribution in [2.75, 3.05) is 24.0 Å². The number of methoxy groups -OCH3 is 1. The minimum atomic E-state index is -0.419. The molecule has 0 unspecified atom stereocenters. The van der Waals surface area contributed by atoms with Crippen molar-refractivity contribution in [2.24, 2.45) is 0 Å². The number of hydrogen-bond donors (Lipinski definition) is 3. The summed E-state index contributed by atoms with van der Waals surface area (Å²) >= 11 is 1.46. The van der Waals surface area contributed by atoms with Crippen LogP contribution in [0.4, 0.5) is 16.3 Å². The predicted molar refractivity (Wildman–Crippen MR) is 160 cm³/mol. The molecule has 0 spiro atoms. The molecule has 5 rings (SSSR count). The van der Waals surface area contributed by atoms with Gasteiger partial charge in [0.1, 0.15) is 22.8 Å². The van der Waals surface area contributed by atoms with Crippen LogP contribution >= 0.6 is 11.8 Å². The lowest BCUT2D eigenvalue weighted by atomic mass is 9.92. The Morgan fingerprint density at radius 1 is 1.00 bits per heavy atom. The zero-order chi connectivity index (χ0) is 29.1. The van der Waals surface area contributed by atoms with Crippen LogP contribution in [0.15, 0.2) is 76.7 Å². The second kappa shape index (κ2) is 11.3. The predicted octanol–water partition coefficient (Wildman–Crippen LogP) is 5.97. The minimum absolute atomic E-state index is 0.225. The monoisotopic (exact) mass is 571 g/mol. The van der Waals surface area contributed by atoms with E-state index < -0.39 is 6.03 Å². The van der Waals surface area contributed by atoms with Gasteiger partial charge in [-0.15, -0.1) is 11.8 Å². The number of thioether (sulfide) groups is 1. The first-order chi connectivity index (χ1) is 19.6. The molecule has 0 bridgehead atoms. The van der Waals surface area contributed by atoms with E-state index in [-0.39, 0.29) is 11.0 Å². The Hall–Kier alpha value is -4.84. The molecule has 3 heterocycles. The van der Waals surface area contributed by atoms with Crippen molar-refractivity contribution in [2.45, 2.75) is 31.1 Å². The van der Waals surface area contributed by atoms with Crippen LogP contribution in [0.1, 0.15) is 26.5 Å². The molecule has 2 amide bonds. The molecular weight excluding hydrogens is 542 g/mol. The highest BCUT2D eigenvalue weighted by Gasteiger charge is 2.22. The van der Waals surface area contributed by atoms with E-state index in [9.17, 15) is 9.59 Å². The van der Waals surface area contributed by atoms with Gasteiger partial charge >= 0.3 is 6.03 Å². The van der Waals surface area contributed by atoms with Crippen molar-refractivity contribution in [1.29, 1.82) is 0 Å². The van der Waals surface area contributed by atoms with Gasteiger partial charge < -0.3 is 19.8 Å². The van der Waals surface area contributed by atoms with Crippen molar-refractivity contribution in [3.8, 4) is 22.9 Å². The molecule has 2 aromatic carbocycles. The van der Waals surface area contributed by atoms with E-state index in [0.29, 0.717) is 34.2 Å². The first kappa shape index (κ1) is 27.7. The van der Waals surface area contributed by atoms with Crippen LogP contribution in [0.3, 0.4) is 0 Å². The number of fused-ring (bicyclic) bond motifs is 1. The summed E-state index contributed by atoms with van der Waals surface area (Å²) in [7, 11) is 1.61. The summed E-state index contributed by atoms with van der Waals surface area (Å²) in [6.07, 6.45) is 4.62. The van der Waals surface area contributed by atoms with Gasteiger partial charge in [-0.25, -0.2) is 19.4 Å². The maximum Gasteiger partial charge on any atom is 0.324 e. The van der Waals surface area contributed by atoms with Gasteiger partial charge in [0, 0.05) is 28.6 Å². The number of aromatic nitrogens is 5. The summed E-state index contributed by atoms with van der Waals surface area (Å²) in [6.45, 7) is 6.20. The molecule has 0 saturated carbocycles. The van der Waals surface area contributed by atoms with Crippen molar-refractivity contribution in [3.05, 3.63) is 83.0 Å². The molecule has 41 heavy (non-hydrogen) atoms. The van der Waals surface area contributed by atoms with Crippen LogP contribution in [0.25, 0.3) is 16.9 Å². The van der Waals surface area contributed by atoms with Gasteiger partial charge in [0.05, 0.1) is 30.4 Å². The summed E-state index contributed by atoms with van der Waals surface area (Å²) in [5.41, 5.74) is 2.42. The highest BCUT2D eigenvalue weighted by Crippen LogP contribution is 2.34. The van der Waals surface area contributed by atoms with Crippen LogP contribution in [-0.4, -0.2) is 44.1 Å². The quantitative estimate of drug-likeness (QED) is 0.203. The fourth-order valence-corrected chi connectivity index (χ4v) is 4.57. The largest absolute Gasteiger partial charge is 0.497 e. The number of rotatable bonds is 7. The van der Waals surface area contributed by atoms with Crippen LogP contribution in [0.5, 0.6) is 17.2 Å². The molecule has 3 N–H and O–H groups in total. The van der Waals surface area contributed by atoms with Gasteiger partial charge in [0.2, 0.25) is 0 Å². The van der Waals surface area contributed by atoms with Crippen LogP contribution < -0.4 is 25.7 Å². The van der Waals surface area contributed by atoms with E-state index in [1.807, 2.05) is 42.7 Å². The number of urea groups is 1. The highest BCUT2D eigenvalue weighted by atomic mass is 32.2. The second-order valence-electron chi connectivity index (χ2n) is 10.1. The molecule has 0 atom stereocenters. The second-order valence-corrected chi connectivity index (χ2v) is 10.9. The number of carbonyl (C=O) groups is 1. The highest BCUT2D eigenvalue weighted by molar-refractivity contribution is 7.98. The number of hydrogen-bond acceptors (Lipinski definition) is 8. The van der Waals surface area contributed by atoms with Gasteiger partial charge in [0.25, 0.3) is 5.56 Å². The first-order valence-electron chi connectivity index (χ1n) is 12.7. The van der Waals surface area contributed by atoms with Crippen LogP contribution in [0, 0.1) is 0 Å². The third-order valence-electron chi connectivity index (χ3n) is 6.13. The summed E-state index contributed by atoms with van der Waals surface area (Å²) in [5.74, 6) is 2.23. The average molecular weight is 572 g/mol. The fourth-order valence-electron chi connectivity index (χ4n) is 4.00. The first-order valence-corrected chi connectivity index (χ1v) is 13.9. The Labute approximate surface area is 240 Å². The van der Waals surface area contributed by atoms with E-state index >= 15 is 0 Å². The number of nitrogens with zero attached hydrogens (tertiary/aromatic N) is 4. The fraction of sp³-hybridized carbons (Fsp3) is 0.207. The van der Waals surface area contributed by atoms with E-state index in [1.54, 1.807) is 30.0 Å². The molecule has 12 heteroatoms. The van der Waals surface area contributed by atoms with E-state index in [1.165, 1.54) is 24.2 Å². The van der Waals surface area contributed by atoms with Gasteiger partial charge in [0.15, 0.2) is 11.4 Å². The third-order valence-corrected chi connectivity index (χ3v) is 6.90. The number of aromatic amines is 1. The number of amides is 2. The van der Waals surface area contributed by atoms with Crippen molar-refractivity contribution < 1.29 is 14.3 Å². The molecule has 0 fully saturated rings. The van der Waals surface area contributed by atoms with Crippen molar-refractivity contribution in [3.63, 3.8) is 0 Å². The van der Waals surface area contributed by atoms with Gasteiger partial charge in [-0.05, 0) is 48.7 Å². The van der Waals surface area contributed by atoms with Crippen LogP contribution in [-0.2, 0) is 5.41 Å². The molecule has 0 aliphatic heterocycles. The van der Waals surface area contributed by atoms with Crippen molar-refractivity contribution in [1.82, 2.24) is 24.7 Å². The molecule has 0 radical (unpaired) electrons. The summed E-state index contributed by atoms with van der Waals surface area (Å²) in [5, 5.41) is 10.6. The summed E-state index contributed by atoms with van der Waals surface area (Å²) < 4.78 is 13.0. The Kier molecular flexibility index (Phi) is 7.66.